The van der Waals surface area contributed by atoms with Crippen LogP contribution in [0.25, 0.3) is 10.9 Å². The fourth-order valence-corrected chi connectivity index (χ4v) is 4.22. The molecule has 3 rings (SSSR count). The van der Waals surface area contributed by atoms with E-state index in [2.05, 4.69) is 10.3 Å². The van der Waals surface area contributed by atoms with Crippen LogP contribution in [-0.4, -0.2) is 30.6 Å². The van der Waals surface area contributed by atoms with Gasteiger partial charge in [-0.05, 0) is 31.5 Å². The second-order valence-electron chi connectivity index (χ2n) is 6.15. The average molecular weight is 385 g/mol. The zero-order chi connectivity index (χ0) is 19.4. The van der Waals surface area contributed by atoms with Gasteiger partial charge in [-0.3, -0.25) is 10.1 Å². The number of para-hydroxylation sites is 1. The number of fused-ring (bicyclic) bond motifs is 1. The number of benzene rings is 2. The molecule has 0 atom stereocenters. The van der Waals surface area contributed by atoms with Crippen LogP contribution in [0.5, 0.6) is 0 Å². The summed E-state index contributed by atoms with van der Waals surface area (Å²) in [7, 11) is -3.32. The fraction of sp³-hybridized carbons (Fsp3) is 0.211. The van der Waals surface area contributed by atoms with Crippen LogP contribution in [0.1, 0.15) is 12.1 Å². The summed E-state index contributed by atoms with van der Waals surface area (Å²) < 4.78 is 24.6. The van der Waals surface area contributed by atoms with Crippen molar-refractivity contribution in [3.05, 3.63) is 70.4 Å². The van der Waals surface area contributed by atoms with Crippen molar-refractivity contribution in [2.75, 3.05) is 17.6 Å². The molecule has 27 heavy (non-hydrogen) atoms. The van der Waals surface area contributed by atoms with Gasteiger partial charge in [-0.15, -0.1) is 0 Å². The highest BCUT2D eigenvalue weighted by molar-refractivity contribution is 7.91. The van der Waals surface area contributed by atoms with Gasteiger partial charge < -0.3 is 5.32 Å². The third-order valence-corrected chi connectivity index (χ3v) is 5.97. The number of nitrogens with zero attached hydrogens (tertiary/aromatic N) is 2. The Labute approximate surface area is 157 Å². The van der Waals surface area contributed by atoms with E-state index in [1.54, 1.807) is 55.5 Å². The van der Waals surface area contributed by atoms with Crippen LogP contribution in [-0.2, 0) is 9.84 Å². The lowest BCUT2D eigenvalue weighted by Crippen LogP contribution is -2.12. The summed E-state index contributed by atoms with van der Waals surface area (Å²) in [6.07, 6.45) is 0.412. The van der Waals surface area contributed by atoms with Crippen molar-refractivity contribution in [1.29, 1.82) is 0 Å². The van der Waals surface area contributed by atoms with Gasteiger partial charge in [-0.2, -0.15) is 0 Å². The van der Waals surface area contributed by atoms with Gasteiger partial charge in [0.25, 0.3) is 5.69 Å². The second kappa shape index (κ2) is 7.71. The number of aromatic nitrogens is 1. The van der Waals surface area contributed by atoms with E-state index in [1.165, 1.54) is 6.07 Å². The third kappa shape index (κ3) is 4.22. The average Bonchev–Trinajstić information content (AvgIpc) is 2.65. The summed E-state index contributed by atoms with van der Waals surface area (Å²) in [6, 6.07) is 14.9. The number of nitro benzene ring substituents is 1. The van der Waals surface area contributed by atoms with E-state index in [0.717, 1.165) is 0 Å². The number of hydrogen-bond acceptors (Lipinski definition) is 6. The van der Waals surface area contributed by atoms with E-state index in [9.17, 15) is 18.5 Å². The zero-order valence-electron chi connectivity index (χ0n) is 14.8. The lowest BCUT2D eigenvalue weighted by atomic mass is 10.1. The van der Waals surface area contributed by atoms with Crippen molar-refractivity contribution in [2.45, 2.75) is 18.2 Å². The molecule has 0 unspecified atom stereocenters. The summed E-state index contributed by atoms with van der Waals surface area (Å²) in [6.45, 7) is 2.19. The summed E-state index contributed by atoms with van der Waals surface area (Å²) in [5, 5.41) is 15.1. The maximum atomic E-state index is 12.3. The minimum Gasteiger partial charge on any atom is -0.384 e. The normalized spacial score (nSPS) is 11.4. The van der Waals surface area contributed by atoms with Crippen LogP contribution in [0.2, 0.25) is 0 Å². The highest BCUT2D eigenvalue weighted by Gasteiger charge is 2.16. The van der Waals surface area contributed by atoms with Gasteiger partial charge in [0.05, 0.1) is 15.6 Å². The lowest BCUT2D eigenvalue weighted by molar-refractivity contribution is -0.383. The molecule has 0 bridgehead atoms. The van der Waals surface area contributed by atoms with Crippen LogP contribution >= 0.6 is 0 Å². The molecule has 0 aliphatic heterocycles. The molecule has 1 N–H and O–H groups in total. The summed E-state index contributed by atoms with van der Waals surface area (Å²) >= 11 is 0. The molecule has 2 aromatic carbocycles. The van der Waals surface area contributed by atoms with E-state index in [1.807, 2.05) is 0 Å². The first-order valence-electron chi connectivity index (χ1n) is 8.45. The molecule has 0 saturated heterocycles. The second-order valence-corrected chi connectivity index (χ2v) is 8.26. The van der Waals surface area contributed by atoms with Crippen molar-refractivity contribution in [3.8, 4) is 0 Å². The molecule has 0 spiro atoms. The van der Waals surface area contributed by atoms with Gasteiger partial charge in [0.15, 0.2) is 15.4 Å². The van der Waals surface area contributed by atoms with E-state index >= 15 is 0 Å². The van der Waals surface area contributed by atoms with E-state index < -0.39 is 14.8 Å². The van der Waals surface area contributed by atoms with Crippen LogP contribution < -0.4 is 5.32 Å². The zero-order valence-corrected chi connectivity index (χ0v) is 15.6. The first kappa shape index (κ1) is 18.8. The maximum Gasteiger partial charge on any atom is 0.295 e. The van der Waals surface area contributed by atoms with Crippen LogP contribution in [0.4, 0.5) is 11.4 Å². The van der Waals surface area contributed by atoms with Crippen LogP contribution in [0.3, 0.4) is 0 Å². The van der Waals surface area contributed by atoms with Gasteiger partial charge in [0, 0.05) is 29.4 Å². The molecule has 7 nitrogen and oxygen atoms in total. The van der Waals surface area contributed by atoms with Crippen LogP contribution in [0, 0.1) is 17.0 Å². The minimum atomic E-state index is -3.32. The van der Waals surface area contributed by atoms with Gasteiger partial charge >= 0.3 is 0 Å². The van der Waals surface area contributed by atoms with Crippen molar-refractivity contribution in [3.63, 3.8) is 0 Å². The Morgan fingerprint density at radius 1 is 1.11 bits per heavy atom. The van der Waals surface area contributed by atoms with E-state index in [0.29, 0.717) is 40.1 Å². The number of nitro groups is 1. The quantitative estimate of drug-likeness (QED) is 0.378. The highest BCUT2D eigenvalue weighted by Crippen LogP contribution is 2.29. The molecule has 0 aliphatic carbocycles. The molecule has 0 fully saturated rings. The Hall–Kier alpha value is -3.00. The van der Waals surface area contributed by atoms with Gasteiger partial charge in [0.2, 0.25) is 0 Å². The summed E-state index contributed by atoms with van der Waals surface area (Å²) in [5.41, 5.74) is 1.63. The van der Waals surface area contributed by atoms with Crippen molar-refractivity contribution < 1.29 is 13.3 Å². The topological polar surface area (TPSA) is 102 Å². The lowest BCUT2D eigenvalue weighted by Gasteiger charge is -2.11. The molecular formula is C19H19N3O4S. The fourth-order valence-electron chi connectivity index (χ4n) is 2.89. The number of sulfone groups is 1. The van der Waals surface area contributed by atoms with Gasteiger partial charge in [-0.1, -0.05) is 30.3 Å². The van der Waals surface area contributed by atoms with E-state index in [-0.39, 0.29) is 11.4 Å². The first-order valence-corrected chi connectivity index (χ1v) is 10.1. The Bertz CT molecular complexity index is 1080. The van der Waals surface area contributed by atoms with Crippen molar-refractivity contribution in [2.24, 2.45) is 0 Å². The van der Waals surface area contributed by atoms with Crippen LogP contribution in [0.15, 0.2) is 59.5 Å². The molecule has 1 aromatic heterocycles. The minimum absolute atomic E-state index is 0.0200. The van der Waals surface area contributed by atoms with Gasteiger partial charge in [0.1, 0.15) is 0 Å². The molecule has 1 heterocycles. The molecule has 0 radical (unpaired) electrons. The summed E-state index contributed by atoms with van der Waals surface area (Å²) in [4.78, 5) is 15.4. The number of non-ortho nitro benzene ring substituents is 1. The third-order valence-electron chi connectivity index (χ3n) is 4.15. The molecular weight excluding hydrogens is 366 g/mol. The Balaban J connectivity index is 1.74. The molecule has 0 aliphatic rings. The molecule has 0 amide bonds. The first-order chi connectivity index (χ1) is 12.9. The smallest absolute Gasteiger partial charge is 0.295 e. The molecule has 0 saturated carbocycles. The summed E-state index contributed by atoms with van der Waals surface area (Å²) in [5.74, 6) is 0.0200. The standard InChI is InChI=1S/C19H19N3O4S/c1-14-13-17(16-9-5-10-18(22(23)24)19(16)21-14)20-11-6-12-27(25,26)15-7-3-2-4-8-15/h2-5,7-10,13H,6,11-12H2,1H3,(H,20,21). The van der Waals surface area contributed by atoms with Gasteiger partial charge in [-0.25, -0.2) is 13.4 Å². The molecule has 3 aromatic rings. The number of anilines is 1. The molecule has 8 heteroatoms. The van der Waals surface area contributed by atoms with E-state index in [4.69, 9.17) is 0 Å². The number of pyridine rings is 1. The van der Waals surface area contributed by atoms with Crippen molar-refractivity contribution >= 4 is 32.1 Å². The monoisotopic (exact) mass is 385 g/mol. The largest absolute Gasteiger partial charge is 0.384 e. The SMILES string of the molecule is Cc1cc(NCCCS(=O)(=O)c2ccccc2)c2cccc([N+](=O)[O-])c2n1. The maximum absolute atomic E-state index is 12.3. The molecule has 140 valence electrons. The Morgan fingerprint density at radius 3 is 2.56 bits per heavy atom. The Kier molecular flexibility index (Phi) is 5.36. The highest BCUT2D eigenvalue weighted by atomic mass is 32.2. The number of rotatable bonds is 7. The number of hydrogen-bond donors (Lipinski definition) is 1. The number of nitrogens with one attached hydrogen (secondary N) is 1. The predicted molar refractivity (Wildman–Crippen MR) is 105 cm³/mol. The number of aryl methyl sites for hydroxylation is 1. The van der Waals surface area contributed by atoms with Crippen molar-refractivity contribution in [1.82, 2.24) is 4.98 Å². The predicted octanol–water partition coefficient (Wildman–Crippen LogP) is 3.73. The Morgan fingerprint density at radius 2 is 1.85 bits per heavy atom.